The molecule has 21 heavy (non-hydrogen) atoms. The van der Waals surface area contributed by atoms with Gasteiger partial charge in [0, 0.05) is 24.0 Å². The van der Waals surface area contributed by atoms with Crippen molar-refractivity contribution in [3.63, 3.8) is 0 Å². The molecule has 2 N–H and O–H groups in total. The molecule has 0 aromatic heterocycles. The smallest absolute Gasteiger partial charge is 0.242 e. The van der Waals surface area contributed by atoms with Crippen LogP contribution in [0, 0.1) is 5.92 Å². The summed E-state index contributed by atoms with van der Waals surface area (Å²) in [6.07, 6.45) is 0.0834. The fourth-order valence-electron chi connectivity index (χ4n) is 1.48. The van der Waals surface area contributed by atoms with E-state index in [-0.39, 0.29) is 28.8 Å². The molecule has 0 bridgehead atoms. The second-order valence-corrected chi connectivity index (χ2v) is 7.98. The van der Waals surface area contributed by atoms with Crippen LogP contribution in [0.15, 0.2) is 27.6 Å². The molecule has 0 fully saturated rings. The van der Waals surface area contributed by atoms with E-state index in [4.69, 9.17) is 11.6 Å². The van der Waals surface area contributed by atoms with Crippen molar-refractivity contribution in [3.05, 3.63) is 27.7 Å². The molecular weight excluding hydrogens is 380 g/mol. The first-order valence-electron chi connectivity index (χ1n) is 6.44. The van der Waals surface area contributed by atoms with Crippen LogP contribution >= 0.6 is 27.5 Å². The van der Waals surface area contributed by atoms with Gasteiger partial charge in [-0.15, -0.1) is 0 Å². The van der Waals surface area contributed by atoms with Gasteiger partial charge in [0.2, 0.25) is 15.9 Å². The minimum atomic E-state index is -3.72. The monoisotopic (exact) mass is 396 g/mol. The quantitative estimate of drug-likeness (QED) is 0.742. The molecule has 1 rings (SSSR count). The van der Waals surface area contributed by atoms with Gasteiger partial charge in [0.1, 0.15) is 4.90 Å². The summed E-state index contributed by atoms with van der Waals surface area (Å²) in [6, 6.07) is 4.51. The highest BCUT2D eigenvalue weighted by Crippen LogP contribution is 2.24. The largest absolute Gasteiger partial charge is 0.356 e. The Labute approximate surface area is 138 Å². The molecule has 5 nitrogen and oxygen atoms in total. The maximum atomic E-state index is 12.1. The lowest BCUT2D eigenvalue weighted by atomic mass is 10.2. The highest BCUT2D eigenvalue weighted by Gasteiger charge is 2.17. The maximum absolute atomic E-state index is 12.1. The number of carbonyl (C=O) groups is 1. The molecule has 0 aliphatic heterocycles. The van der Waals surface area contributed by atoms with E-state index in [1.54, 1.807) is 6.07 Å². The zero-order chi connectivity index (χ0) is 16.0. The fraction of sp³-hybridized carbons (Fsp3) is 0.462. The Morgan fingerprint density at radius 1 is 1.38 bits per heavy atom. The Morgan fingerprint density at radius 3 is 2.62 bits per heavy atom. The molecule has 1 amide bonds. The zero-order valence-corrected chi connectivity index (χ0v) is 15.0. The van der Waals surface area contributed by atoms with E-state index in [9.17, 15) is 13.2 Å². The van der Waals surface area contributed by atoms with Crippen molar-refractivity contribution >= 4 is 43.5 Å². The van der Waals surface area contributed by atoms with Crippen LogP contribution in [-0.4, -0.2) is 27.4 Å². The van der Waals surface area contributed by atoms with E-state index < -0.39 is 10.0 Å². The van der Waals surface area contributed by atoms with E-state index in [1.807, 2.05) is 13.8 Å². The molecule has 0 spiro atoms. The Hall–Kier alpha value is -0.630. The lowest BCUT2D eigenvalue weighted by Crippen LogP contribution is -2.32. The number of hydrogen-bond donors (Lipinski definition) is 2. The Kier molecular flexibility index (Phi) is 7.12. The summed E-state index contributed by atoms with van der Waals surface area (Å²) in [6.45, 7) is 4.57. The number of carbonyl (C=O) groups excluding carboxylic acids is 1. The summed E-state index contributed by atoms with van der Waals surface area (Å²) < 4.78 is 27.2. The van der Waals surface area contributed by atoms with Crippen LogP contribution in [-0.2, 0) is 14.8 Å². The van der Waals surface area contributed by atoms with E-state index in [0.29, 0.717) is 16.9 Å². The van der Waals surface area contributed by atoms with Crippen molar-refractivity contribution < 1.29 is 13.2 Å². The summed E-state index contributed by atoms with van der Waals surface area (Å²) in [5.41, 5.74) is 0. The van der Waals surface area contributed by atoms with E-state index in [2.05, 4.69) is 26.0 Å². The normalized spacial score (nSPS) is 11.7. The lowest BCUT2D eigenvalue weighted by molar-refractivity contribution is -0.121. The average molecular weight is 398 g/mol. The number of sulfonamides is 1. The molecule has 1 aromatic carbocycles. The molecule has 118 valence electrons. The van der Waals surface area contributed by atoms with Gasteiger partial charge < -0.3 is 5.32 Å². The summed E-state index contributed by atoms with van der Waals surface area (Å²) in [7, 11) is -3.72. The molecule has 0 atom stereocenters. The predicted molar refractivity (Wildman–Crippen MR) is 86.8 cm³/mol. The van der Waals surface area contributed by atoms with Crippen LogP contribution in [0.1, 0.15) is 20.3 Å². The molecule has 0 radical (unpaired) electrons. The first-order valence-corrected chi connectivity index (χ1v) is 9.09. The van der Waals surface area contributed by atoms with Gasteiger partial charge in [0.15, 0.2) is 0 Å². The number of rotatable bonds is 7. The molecule has 8 heteroatoms. The fourth-order valence-corrected chi connectivity index (χ4v) is 3.54. The Balaban J connectivity index is 2.56. The van der Waals surface area contributed by atoms with Gasteiger partial charge in [-0.05, 0) is 24.1 Å². The number of nitrogens with one attached hydrogen (secondary N) is 2. The molecular formula is C13H18BrClN2O3S. The first-order chi connectivity index (χ1) is 9.72. The van der Waals surface area contributed by atoms with Gasteiger partial charge in [-0.1, -0.05) is 41.4 Å². The predicted octanol–water partition coefficient (Wildman–Crippen LogP) is 2.54. The molecule has 0 heterocycles. The van der Waals surface area contributed by atoms with Gasteiger partial charge in [0.05, 0.1) is 5.02 Å². The number of benzene rings is 1. The van der Waals surface area contributed by atoms with Gasteiger partial charge in [-0.25, -0.2) is 13.1 Å². The minimum absolute atomic E-state index is 0.00467. The third-order valence-corrected chi connectivity index (χ3v) is 4.97. The lowest BCUT2D eigenvalue weighted by Gasteiger charge is -2.10. The maximum Gasteiger partial charge on any atom is 0.242 e. The number of hydrogen-bond acceptors (Lipinski definition) is 3. The SMILES string of the molecule is CC(C)CNC(=O)CCNS(=O)(=O)c1ccc(Br)cc1Cl. The van der Waals surface area contributed by atoms with Crippen molar-refractivity contribution in [3.8, 4) is 0 Å². The van der Waals surface area contributed by atoms with Gasteiger partial charge >= 0.3 is 0 Å². The van der Waals surface area contributed by atoms with E-state index >= 15 is 0 Å². The molecule has 0 saturated carbocycles. The van der Waals surface area contributed by atoms with Crippen molar-refractivity contribution in [2.45, 2.75) is 25.2 Å². The number of halogens is 2. The summed E-state index contributed by atoms with van der Waals surface area (Å²) >= 11 is 9.12. The third kappa shape index (κ3) is 6.34. The molecule has 0 saturated heterocycles. The average Bonchev–Trinajstić information content (AvgIpc) is 2.35. The minimum Gasteiger partial charge on any atom is -0.356 e. The second-order valence-electron chi connectivity index (χ2n) is 4.92. The highest BCUT2D eigenvalue weighted by atomic mass is 79.9. The summed E-state index contributed by atoms with van der Waals surface area (Å²) in [5.74, 6) is 0.167. The van der Waals surface area contributed by atoms with Crippen LogP contribution < -0.4 is 10.0 Å². The topological polar surface area (TPSA) is 75.3 Å². The third-order valence-electron chi connectivity index (χ3n) is 2.54. The van der Waals surface area contributed by atoms with Crippen molar-refractivity contribution in [1.29, 1.82) is 0 Å². The van der Waals surface area contributed by atoms with Crippen LogP contribution in [0.4, 0.5) is 0 Å². The molecule has 0 aliphatic rings. The van der Waals surface area contributed by atoms with Crippen LogP contribution in [0.2, 0.25) is 5.02 Å². The van der Waals surface area contributed by atoms with Crippen LogP contribution in [0.25, 0.3) is 0 Å². The van der Waals surface area contributed by atoms with Gasteiger partial charge in [0.25, 0.3) is 0 Å². The van der Waals surface area contributed by atoms with Gasteiger partial charge in [-0.2, -0.15) is 0 Å². The Morgan fingerprint density at radius 2 is 2.05 bits per heavy atom. The molecule has 0 aliphatic carbocycles. The van der Waals surface area contributed by atoms with Crippen molar-refractivity contribution in [2.75, 3.05) is 13.1 Å². The molecule has 1 aromatic rings. The van der Waals surface area contributed by atoms with E-state index in [1.165, 1.54) is 12.1 Å². The number of amides is 1. The Bertz CT molecular complexity index is 605. The standard InChI is InChI=1S/C13H18BrClN2O3S/c1-9(2)8-16-13(18)5-6-17-21(19,20)12-4-3-10(14)7-11(12)15/h3-4,7,9,17H,5-6,8H2,1-2H3,(H,16,18). The van der Waals surface area contributed by atoms with Crippen molar-refractivity contribution in [1.82, 2.24) is 10.0 Å². The highest BCUT2D eigenvalue weighted by molar-refractivity contribution is 9.10. The first kappa shape index (κ1) is 18.4. The van der Waals surface area contributed by atoms with E-state index in [0.717, 1.165) is 0 Å². The van der Waals surface area contributed by atoms with Crippen LogP contribution in [0.5, 0.6) is 0 Å². The van der Waals surface area contributed by atoms with Crippen molar-refractivity contribution in [2.24, 2.45) is 5.92 Å². The molecule has 0 unspecified atom stereocenters. The summed E-state index contributed by atoms with van der Waals surface area (Å²) in [5, 5.41) is 2.85. The van der Waals surface area contributed by atoms with Crippen LogP contribution in [0.3, 0.4) is 0 Å². The summed E-state index contributed by atoms with van der Waals surface area (Å²) in [4.78, 5) is 11.5. The second kappa shape index (κ2) is 8.12. The van der Waals surface area contributed by atoms with Gasteiger partial charge in [-0.3, -0.25) is 4.79 Å². The zero-order valence-electron chi connectivity index (χ0n) is 11.8.